The lowest BCUT2D eigenvalue weighted by Crippen LogP contribution is -2.31. The quantitative estimate of drug-likeness (QED) is 0.880. The fourth-order valence-electron chi connectivity index (χ4n) is 2.51. The molecule has 0 saturated heterocycles. The van der Waals surface area contributed by atoms with Crippen LogP contribution in [0.15, 0.2) is 48.5 Å². The van der Waals surface area contributed by atoms with Gasteiger partial charge >= 0.3 is 0 Å². The van der Waals surface area contributed by atoms with Gasteiger partial charge in [0, 0.05) is 0 Å². The Bertz CT molecular complexity index is 637. The lowest BCUT2D eigenvalue weighted by atomic mass is 10.0. The average molecular weight is 297 g/mol. The maximum Gasteiger partial charge on any atom is 0.258 e. The fraction of sp³-hybridized carbons (Fsp3) is 0.316. The van der Waals surface area contributed by atoms with Gasteiger partial charge < -0.3 is 10.1 Å². The maximum absolute atomic E-state index is 12.1. The van der Waals surface area contributed by atoms with E-state index in [-0.39, 0.29) is 18.6 Å². The summed E-state index contributed by atoms with van der Waals surface area (Å²) < 4.78 is 5.64. The molecule has 0 aliphatic rings. The SMILES string of the molecule is CCc1ccccc1OCC(=O)NC(C)c1ccccc1C. The van der Waals surface area contributed by atoms with Crippen molar-refractivity contribution in [3.63, 3.8) is 0 Å². The molecule has 1 atom stereocenters. The molecule has 0 saturated carbocycles. The van der Waals surface area contributed by atoms with E-state index < -0.39 is 0 Å². The van der Waals surface area contributed by atoms with E-state index in [0.717, 1.165) is 23.3 Å². The zero-order valence-corrected chi connectivity index (χ0v) is 13.4. The number of rotatable bonds is 6. The highest BCUT2D eigenvalue weighted by Crippen LogP contribution is 2.19. The van der Waals surface area contributed by atoms with Crippen molar-refractivity contribution in [1.29, 1.82) is 0 Å². The second-order valence-electron chi connectivity index (χ2n) is 5.40. The van der Waals surface area contributed by atoms with E-state index in [4.69, 9.17) is 4.74 Å². The second kappa shape index (κ2) is 7.64. The van der Waals surface area contributed by atoms with Crippen LogP contribution in [0.3, 0.4) is 0 Å². The first kappa shape index (κ1) is 16.1. The highest BCUT2D eigenvalue weighted by Gasteiger charge is 2.12. The molecule has 1 unspecified atom stereocenters. The Morgan fingerprint density at radius 2 is 1.82 bits per heavy atom. The number of benzene rings is 2. The molecule has 1 amide bonds. The zero-order chi connectivity index (χ0) is 15.9. The van der Waals surface area contributed by atoms with Crippen molar-refractivity contribution in [2.45, 2.75) is 33.2 Å². The lowest BCUT2D eigenvalue weighted by Gasteiger charge is -2.17. The van der Waals surface area contributed by atoms with Crippen LogP contribution in [0, 0.1) is 6.92 Å². The lowest BCUT2D eigenvalue weighted by molar-refractivity contribution is -0.123. The molecular formula is C19H23NO2. The molecule has 0 fully saturated rings. The highest BCUT2D eigenvalue weighted by molar-refractivity contribution is 5.78. The molecule has 2 aromatic rings. The monoisotopic (exact) mass is 297 g/mol. The van der Waals surface area contributed by atoms with Gasteiger partial charge in [-0.25, -0.2) is 0 Å². The molecule has 3 heteroatoms. The number of hydrogen-bond acceptors (Lipinski definition) is 2. The van der Waals surface area contributed by atoms with Gasteiger partial charge in [0.1, 0.15) is 5.75 Å². The topological polar surface area (TPSA) is 38.3 Å². The first-order valence-electron chi connectivity index (χ1n) is 7.67. The minimum Gasteiger partial charge on any atom is -0.483 e. The molecule has 116 valence electrons. The van der Waals surface area contributed by atoms with Gasteiger partial charge in [0.25, 0.3) is 5.91 Å². The van der Waals surface area contributed by atoms with Crippen LogP contribution in [0.25, 0.3) is 0 Å². The van der Waals surface area contributed by atoms with Crippen LogP contribution in [0.4, 0.5) is 0 Å². The molecule has 0 radical (unpaired) electrons. The van der Waals surface area contributed by atoms with Crippen LogP contribution in [0.2, 0.25) is 0 Å². The highest BCUT2D eigenvalue weighted by atomic mass is 16.5. The van der Waals surface area contributed by atoms with Gasteiger partial charge in [0.2, 0.25) is 0 Å². The van der Waals surface area contributed by atoms with Gasteiger partial charge in [-0.05, 0) is 43.0 Å². The third-order valence-electron chi connectivity index (χ3n) is 3.74. The van der Waals surface area contributed by atoms with E-state index in [9.17, 15) is 4.79 Å². The smallest absolute Gasteiger partial charge is 0.258 e. The van der Waals surface area contributed by atoms with Crippen LogP contribution in [-0.4, -0.2) is 12.5 Å². The van der Waals surface area contributed by atoms with Crippen molar-refractivity contribution in [3.05, 3.63) is 65.2 Å². The van der Waals surface area contributed by atoms with E-state index in [2.05, 4.69) is 12.2 Å². The molecule has 2 aromatic carbocycles. The van der Waals surface area contributed by atoms with Gasteiger partial charge in [0.15, 0.2) is 6.61 Å². The second-order valence-corrected chi connectivity index (χ2v) is 5.40. The molecule has 0 bridgehead atoms. The van der Waals surface area contributed by atoms with Crippen LogP contribution in [-0.2, 0) is 11.2 Å². The van der Waals surface area contributed by atoms with E-state index >= 15 is 0 Å². The summed E-state index contributed by atoms with van der Waals surface area (Å²) in [4.78, 5) is 12.1. The maximum atomic E-state index is 12.1. The van der Waals surface area contributed by atoms with E-state index in [1.807, 2.05) is 62.4 Å². The summed E-state index contributed by atoms with van der Waals surface area (Å²) in [7, 11) is 0. The Balaban J connectivity index is 1.92. The first-order valence-corrected chi connectivity index (χ1v) is 7.67. The summed E-state index contributed by atoms with van der Waals surface area (Å²) in [6, 6.07) is 15.9. The summed E-state index contributed by atoms with van der Waals surface area (Å²) in [5.74, 6) is 0.672. The molecule has 0 aliphatic heterocycles. The predicted molar refractivity (Wildman–Crippen MR) is 89.1 cm³/mol. The van der Waals surface area contributed by atoms with Gasteiger partial charge in [-0.15, -0.1) is 0 Å². The molecular weight excluding hydrogens is 274 g/mol. The molecule has 3 nitrogen and oxygen atoms in total. The zero-order valence-electron chi connectivity index (χ0n) is 13.4. The standard InChI is InChI=1S/C19H23NO2/c1-4-16-10-6-8-12-18(16)22-13-19(21)20-15(3)17-11-7-5-9-14(17)2/h5-12,15H,4,13H2,1-3H3,(H,20,21). The van der Waals surface area contributed by atoms with Gasteiger partial charge in [-0.2, -0.15) is 0 Å². The van der Waals surface area contributed by atoms with Crippen LogP contribution in [0.5, 0.6) is 5.75 Å². The Hall–Kier alpha value is -2.29. The van der Waals surface area contributed by atoms with E-state index in [1.165, 1.54) is 5.56 Å². The Labute approximate surface area is 132 Å². The van der Waals surface area contributed by atoms with Crippen molar-refractivity contribution in [1.82, 2.24) is 5.32 Å². The van der Waals surface area contributed by atoms with Crippen LogP contribution in [0.1, 0.15) is 36.6 Å². The molecule has 0 aromatic heterocycles. The van der Waals surface area contributed by atoms with Crippen molar-refractivity contribution in [2.24, 2.45) is 0 Å². The molecule has 1 N–H and O–H groups in total. The number of para-hydroxylation sites is 1. The number of nitrogens with one attached hydrogen (secondary N) is 1. The molecule has 2 rings (SSSR count). The molecule has 0 heterocycles. The predicted octanol–water partition coefficient (Wildman–Crippen LogP) is 3.81. The summed E-state index contributed by atoms with van der Waals surface area (Å²) in [6.07, 6.45) is 0.886. The van der Waals surface area contributed by atoms with E-state index in [1.54, 1.807) is 0 Å². The first-order chi connectivity index (χ1) is 10.6. The minimum absolute atomic E-state index is 0.0290. The van der Waals surface area contributed by atoms with Crippen LogP contribution >= 0.6 is 0 Å². The number of carbonyl (C=O) groups excluding carboxylic acids is 1. The summed E-state index contributed by atoms with van der Waals surface area (Å²) in [6.45, 7) is 6.14. The summed E-state index contributed by atoms with van der Waals surface area (Å²) in [5, 5.41) is 2.98. The van der Waals surface area contributed by atoms with Gasteiger partial charge in [-0.3, -0.25) is 4.79 Å². The number of ether oxygens (including phenoxy) is 1. The largest absolute Gasteiger partial charge is 0.483 e. The molecule has 22 heavy (non-hydrogen) atoms. The number of amides is 1. The number of hydrogen-bond donors (Lipinski definition) is 1. The number of carbonyl (C=O) groups is 1. The van der Waals surface area contributed by atoms with Gasteiger partial charge in [0.05, 0.1) is 6.04 Å². The third-order valence-corrected chi connectivity index (χ3v) is 3.74. The van der Waals surface area contributed by atoms with Crippen molar-refractivity contribution in [3.8, 4) is 5.75 Å². The Morgan fingerprint density at radius 3 is 2.55 bits per heavy atom. The normalized spacial score (nSPS) is 11.8. The van der Waals surface area contributed by atoms with E-state index in [0.29, 0.717) is 0 Å². The van der Waals surface area contributed by atoms with Crippen molar-refractivity contribution >= 4 is 5.91 Å². The molecule has 0 spiro atoms. The molecule has 0 aliphatic carbocycles. The average Bonchev–Trinajstić information content (AvgIpc) is 2.53. The minimum atomic E-state index is -0.110. The summed E-state index contributed by atoms with van der Waals surface area (Å²) in [5.41, 5.74) is 3.42. The fourth-order valence-corrected chi connectivity index (χ4v) is 2.51. The third kappa shape index (κ3) is 4.10. The number of aryl methyl sites for hydroxylation is 2. The summed E-state index contributed by atoms with van der Waals surface area (Å²) >= 11 is 0. The van der Waals surface area contributed by atoms with Crippen molar-refractivity contribution in [2.75, 3.05) is 6.61 Å². The Morgan fingerprint density at radius 1 is 1.14 bits per heavy atom. The van der Waals surface area contributed by atoms with Crippen molar-refractivity contribution < 1.29 is 9.53 Å². The van der Waals surface area contributed by atoms with Crippen LogP contribution < -0.4 is 10.1 Å². The van der Waals surface area contributed by atoms with Gasteiger partial charge in [-0.1, -0.05) is 49.4 Å². The Kier molecular flexibility index (Phi) is 5.59.